The number of amides is 2. The minimum atomic E-state index is -0.0311. The van der Waals surface area contributed by atoms with E-state index in [0.29, 0.717) is 32.7 Å². The first-order chi connectivity index (χ1) is 18.0. The van der Waals surface area contributed by atoms with Crippen LogP contribution < -0.4 is 4.74 Å². The van der Waals surface area contributed by atoms with Gasteiger partial charge in [0.1, 0.15) is 12.4 Å². The maximum Gasteiger partial charge on any atom is 0.242 e. The predicted octanol–water partition coefficient (Wildman–Crippen LogP) is 3.49. The predicted molar refractivity (Wildman–Crippen MR) is 142 cm³/mol. The number of pyridine rings is 1. The number of aromatic nitrogens is 1. The van der Waals surface area contributed by atoms with Crippen LogP contribution in [0.2, 0.25) is 0 Å². The second-order valence-corrected chi connectivity index (χ2v) is 10.0. The first-order valence-electron chi connectivity index (χ1n) is 13.0. The molecule has 1 unspecified atom stereocenters. The monoisotopic (exact) mass is 498 g/mol. The van der Waals surface area contributed by atoms with Gasteiger partial charge in [0, 0.05) is 62.4 Å². The molecule has 2 amide bonds. The normalized spacial score (nSPS) is 17.5. The van der Waals surface area contributed by atoms with Gasteiger partial charge in [-0.05, 0) is 42.4 Å². The Balaban J connectivity index is 1.18. The molecule has 0 saturated carbocycles. The molecule has 1 atom stereocenters. The average molecular weight is 499 g/mol. The first kappa shape index (κ1) is 25.0. The molecule has 0 aliphatic carbocycles. The quantitative estimate of drug-likeness (QED) is 0.476. The van der Waals surface area contributed by atoms with E-state index in [0.717, 1.165) is 42.1 Å². The van der Waals surface area contributed by atoms with Crippen LogP contribution in [0.1, 0.15) is 34.7 Å². The second-order valence-electron chi connectivity index (χ2n) is 10.0. The maximum atomic E-state index is 13.3. The number of hydrogen-bond acceptors (Lipinski definition) is 5. The van der Waals surface area contributed by atoms with E-state index in [1.54, 1.807) is 4.90 Å². The lowest BCUT2D eigenvalue weighted by Gasteiger charge is -2.24. The number of carbonyl (C=O) groups excluding carboxylic acids is 2. The van der Waals surface area contributed by atoms with Gasteiger partial charge in [-0.1, -0.05) is 42.5 Å². The highest BCUT2D eigenvalue weighted by Gasteiger charge is 2.33. The number of hydrogen-bond donors (Lipinski definition) is 0. The Morgan fingerprint density at radius 1 is 1.11 bits per heavy atom. The van der Waals surface area contributed by atoms with E-state index in [4.69, 9.17) is 4.74 Å². The second kappa shape index (κ2) is 11.6. The lowest BCUT2D eigenvalue weighted by atomic mass is 9.99. The molecule has 37 heavy (non-hydrogen) atoms. The van der Waals surface area contributed by atoms with Gasteiger partial charge in [-0.25, -0.2) is 0 Å². The van der Waals surface area contributed by atoms with Gasteiger partial charge in [0.25, 0.3) is 0 Å². The van der Waals surface area contributed by atoms with Gasteiger partial charge in [0.2, 0.25) is 11.8 Å². The fraction of sp³-hybridized carbons (Fsp3) is 0.367. The number of ether oxygens (including phenoxy) is 1. The highest BCUT2D eigenvalue weighted by atomic mass is 16.5. The number of likely N-dealkylation sites (tertiary alicyclic amines) is 1. The number of fused-ring (bicyclic) bond motifs is 1. The molecule has 2 aromatic carbocycles. The summed E-state index contributed by atoms with van der Waals surface area (Å²) in [5.74, 6) is 0.990. The van der Waals surface area contributed by atoms with Gasteiger partial charge in [-0.2, -0.15) is 0 Å². The zero-order valence-corrected chi connectivity index (χ0v) is 21.4. The van der Waals surface area contributed by atoms with Gasteiger partial charge in [0.05, 0.1) is 13.1 Å². The van der Waals surface area contributed by atoms with Crippen LogP contribution in [0.3, 0.4) is 0 Å². The van der Waals surface area contributed by atoms with Crippen LogP contribution in [0.15, 0.2) is 72.9 Å². The van der Waals surface area contributed by atoms with E-state index < -0.39 is 0 Å². The summed E-state index contributed by atoms with van der Waals surface area (Å²) < 4.78 is 5.96. The van der Waals surface area contributed by atoms with Crippen LogP contribution in [0.5, 0.6) is 5.75 Å². The van der Waals surface area contributed by atoms with Gasteiger partial charge < -0.3 is 19.4 Å². The van der Waals surface area contributed by atoms with E-state index >= 15 is 0 Å². The summed E-state index contributed by atoms with van der Waals surface area (Å²) in [5.41, 5.74) is 4.43. The molecule has 5 rings (SSSR count). The zero-order valence-electron chi connectivity index (χ0n) is 21.4. The molecule has 3 heterocycles. The van der Waals surface area contributed by atoms with Gasteiger partial charge in [0.15, 0.2) is 0 Å². The van der Waals surface area contributed by atoms with Crippen molar-refractivity contribution in [3.63, 3.8) is 0 Å². The summed E-state index contributed by atoms with van der Waals surface area (Å²) in [6.07, 6.45) is 3.19. The molecule has 0 bridgehead atoms. The molecular formula is C30H34N4O3. The van der Waals surface area contributed by atoms with Crippen molar-refractivity contribution < 1.29 is 14.3 Å². The zero-order chi connectivity index (χ0) is 25.6. The highest BCUT2D eigenvalue weighted by Crippen LogP contribution is 2.29. The summed E-state index contributed by atoms with van der Waals surface area (Å²) in [4.78, 5) is 36.1. The molecule has 192 valence electrons. The van der Waals surface area contributed by atoms with E-state index in [1.165, 1.54) is 5.56 Å². The Bertz CT molecular complexity index is 1220. The fourth-order valence-electron chi connectivity index (χ4n) is 5.14. The third-order valence-corrected chi connectivity index (χ3v) is 7.20. The van der Waals surface area contributed by atoms with Crippen molar-refractivity contribution in [3.05, 3.63) is 95.3 Å². The SMILES string of the molecule is CN(CCc1ccccn1)Cc1ccc2c(c1)CN(C(=O)CN1CC(c3ccccc3)CC1=O)CCO2. The first-order valence-corrected chi connectivity index (χ1v) is 13.0. The summed E-state index contributed by atoms with van der Waals surface area (Å²) in [7, 11) is 2.11. The third-order valence-electron chi connectivity index (χ3n) is 7.20. The Kier molecular flexibility index (Phi) is 7.80. The van der Waals surface area contributed by atoms with Crippen molar-refractivity contribution in [1.82, 2.24) is 19.7 Å². The molecular weight excluding hydrogens is 464 g/mol. The van der Waals surface area contributed by atoms with E-state index in [2.05, 4.69) is 47.3 Å². The van der Waals surface area contributed by atoms with Crippen molar-refractivity contribution in [1.29, 1.82) is 0 Å². The third kappa shape index (κ3) is 6.35. The number of carbonyl (C=O) groups is 2. The standard InChI is InChI=1S/C30H34N4O3/c1-32(14-12-27-9-5-6-13-31-27)19-23-10-11-28-26(17-23)21-33(15-16-37-28)30(36)22-34-20-25(18-29(34)35)24-7-3-2-4-8-24/h2-11,13,17,25H,12,14-16,18-22H2,1H3. The maximum absolute atomic E-state index is 13.3. The minimum Gasteiger partial charge on any atom is -0.491 e. The Morgan fingerprint density at radius 2 is 1.95 bits per heavy atom. The van der Waals surface area contributed by atoms with Crippen molar-refractivity contribution in [2.24, 2.45) is 0 Å². The molecule has 0 radical (unpaired) electrons. The van der Waals surface area contributed by atoms with Crippen LogP contribution in [-0.4, -0.2) is 71.3 Å². The summed E-state index contributed by atoms with van der Waals surface area (Å²) in [6.45, 7) is 3.86. The lowest BCUT2D eigenvalue weighted by Crippen LogP contribution is -2.41. The topological polar surface area (TPSA) is 66.0 Å². The minimum absolute atomic E-state index is 0.0311. The summed E-state index contributed by atoms with van der Waals surface area (Å²) >= 11 is 0. The highest BCUT2D eigenvalue weighted by molar-refractivity contribution is 5.86. The number of nitrogens with zero attached hydrogens (tertiary/aromatic N) is 4. The fourth-order valence-corrected chi connectivity index (χ4v) is 5.14. The van der Waals surface area contributed by atoms with E-state index in [-0.39, 0.29) is 24.3 Å². The molecule has 7 heteroatoms. The van der Waals surface area contributed by atoms with Crippen molar-refractivity contribution in [2.45, 2.75) is 31.8 Å². The Labute approximate surface area is 218 Å². The average Bonchev–Trinajstić information content (AvgIpc) is 3.14. The molecule has 0 N–H and O–H groups in total. The van der Waals surface area contributed by atoms with Crippen LogP contribution in [0.25, 0.3) is 0 Å². The lowest BCUT2D eigenvalue weighted by molar-refractivity contribution is -0.138. The Morgan fingerprint density at radius 3 is 2.76 bits per heavy atom. The molecule has 0 spiro atoms. The number of likely N-dealkylation sites (N-methyl/N-ethyl adjacent to an activating group) is 1. The van der Waals surface area contributed by atoms with Crippen molar-refractivity contribution in [3.8, 4) is 5.75 Å². The van der Waals surface area contributed by atoms with E-state index in [1.807, 2.05) is 47.5 Å². The van der Waals surface area contributed by atoms with Gasteiger partial charge >= 0.3 is 0 Å². The molecule has 3 aromatic rings. The van der Waals surface area contributed by atoms with Crippen LogP contribution in [0, 0.1) is 0 Å². The van der Waals surface area contributed by atoms with E-state index in [9.17, 15) is 9.59 Å². The van der Waals surface area contributed by atoms with Crippen LogP contribution in [0.4, 0.5) is 0 Å². The van der Waals surface area contributed by atoms with Gasteiger partial charge in [-0.15, -0.1) is 0 Å². The molecule has 1 aromatic heterocycles. The van der Waals surface area contributed by atoms with Crippen molar-refractivity contribution >= 4 is 11.8 Å². The largest absolute Gasteiger partial charge is 0.491 e. The van der Waals surface area contributed by atoms with Crippen LogP contribution in [-0.2, 0) is 29.1 Å². The Hall–Kier alpha value is -3.71. The molecule has 1 saturated heterocycles. The summed E-state index contributed by atoms with van der Waals surface area (Å²) in [6, 6.07) is 22.3. The summed E-state index contributed by atoms with van der Waals surface area (Å²) in [5, 5.41) is 0. The van der Waals surface area contributed by atoms with Crippen molar-refractivity contribution in [2.75, 3.05) is 39.8 Å². The molecule has 2 aliphatic rings. The number of benzene rings is 2. The molecule has 1 fully saturated rings. The van der Waals surface area contributed by atoms with Gasteiger partial charge in [-0.3, -0.25) is 14.6 Å². The van der Waals surface area contributed by atoms with Crippen LogP contribution >= 0.6 is 0 Å². The smallest absolute Gasteiger partial charge is 0.242 e. The molecule has 7 nitrogen and oxygen atoms in total. The number of rotatable bonds is 8. The molecule has 2 aliphatic heterocycles.